The molecular weight excluding hydrogens is 325 g/mol. The molecule has 2 aromatic rings. The van der Waals surface area contributed by atoms with Crippen molar-refractivity contribution in [3.63, 3.8) is 0 Å². The third kappa shape index (κ3) is 4.97. The lowest BCUT2D eigenvalue weighted by Gasteiger charge is -2.25. The normalized spacial score (nSPS) is 15.8. The fraction of sp³-hybridized carbons (Fsp3) is 0.200. The summed E-state index contributed by atoms with van der Waals surface area (Å²) in [4.78, 5) is 2.44. The highest BCUT2D eigenvalue weighted by Crippen LogP contribution is 2.18. The minimum atomic E-state index is 0.777. The van der Waals surface area contributed by atoms with Crippen LogP contribution >= 0.6 is 23.2 Å². The van der Waals surface area contributed by atoms with Gasteiger partial charge in [-0.15, -0.1) is 0 Å². The smallest absolute Gasteiger partial charge is 0.0411 e. The van der Waals surface area contributed by atoms with Crippen LogP contribution in [0.15, 0.2) is 66.3 Å². The zero-order valence-corrected chi connectivity index (χ0v) is 14.4. The first-order valence-corrected chi connectivity index (χ1v) is 8.54. The molecule has 1 aliphatic heterocycles. The van der Waals surface area contributed by atoms with E-state index in [9.17, 15) is 0 Å². The van der Waals surface area contributed by atoms with Crippen molar-refractivity contribution in [2.45, 2.75) is 13.0 Å². The molecule has 3 heteroatoms. The minimum Gasteiger partial charge on any atom is -0.295 e. The number of hydrogen-bond donors (Lipinski definition) is 0. The van der Waals surface area contributed by atoms with Crippen LogP contribution in [-0.2, 0) is 6.54 Å². The molecule has 0 N–H and O–H groups in total. The average Bonchev–Trinajstić information content (AvgIpc) is 2.56. The standard InChI is InChI=1S/C20H19Cl2N/c21-19-8-6-18(7-9-19)15-23-12-10-16(11-13-23)4-5-17-2-1-3-20(22)14-17/h1-10,14H,11-13,15H2. The van der Waals surface area contributed by atoms with Crippen LogP contribution in [0.4, 0.5) is 0 Å². The summed E-state index contributed by atoms with van der Waals surface area (Å²) in [6.45, 7) is 3.03. The lowest BCUT2D eigenvalue weighted by atomic mass is 10.1. The van der Waals surface area contributed by atoms with Crippen molar-refractivity contribution in [3.8, 4) is 0 Å². The molecule has 0 aliphatic carbocycles. The third-order valence-electron chi connectivity index (χ3n) is 3.99. The van der Waals surface area contributed by atoms with Crippen LogP contribution in [0.5, 0.6) is 0 Å². The Morgan fingerprint density at radius 2 is 1.78 bits per heavy atom. The minimum absolute atomic E-state index is 0.777. The van der Waals surface area contributed by atoms with Crippen LogP contribution in [-0.4, -0.2) is 18.0 Å². The number of nitrogens with zero attached hydrogens (tertiary/aromatic N) is 1. The molecule has 0 atom stereocenters. The van der Waals surface area contributed by atoms with Crippen LogP contribution in [0.1, 0.15) is 17.5 Å². The van der Waals surface area contributed by atoms with Gasteiger partial charge in [0, 0.05) is 29.7 Å². The summed E-state index contributed by atoms with van der Waals surface area (Å²) in [7, 11) is 0. The lowest BCUT2D eigenvalue weighted by Crippen LogP contribution is -2.27. The lowest BCUT2D eigenvalue weighted by molar-refractivity contribution is 0.287. The largest absolute Gasteiger partial charge is 0.295 e. The van der Waals surface area contributed by atoms with E-state index in [0.717, 1.165) is 41.7 Å². The molecule has 0 fully saturated rings. The second-order valence-corrected chi connectivity index (χ2v) is 6.65. The van der Waals surface area contributed by atoms with Crippen LogP contribution in [0, 0.1) is 0 Å². The fourth-order valence-electron chi connectivity index (χ4n) is 2.68. The maximum Gasteiger partial charge on any atom is 0.0411 e. The van der Waals surface area contributed by atoms with Gasteiger partial charge in [-0.1, -0.05) is 65.7 Å². The van der Waals surface area contributed by atoms with Crippen LogP contribution in [0.25, 0.3) is 6.08 Å². The number of hydrogen-bond acceptors (Lipinski definition) is 1. The third-order valence-corrected chi connectivity index (χ3v) is 4.47. The second kappa shape index (κ2) is 7.83. The summed E-state index contributed by atoms with van der Waals surface area (Å²) in [5, 5.41) is 1.57. The van der Waals surface area contributed by atoms with E-state index in [1.165, 1.54) is 11.1 Å². The van der Waals surface area contributed by atoms with E-state index >= 15 is 0 Å². The Balaban J connectivity index is 1.56. The first-order chi connectivity index (χ1) is 11.2. The highest BCUT2D eigenvalue weighted by molar-refractivity contribution is 6.30. The number of benzene rings is 2. The average molecular weight is 344 g/mol. The predicted molar refractivity (Wildman–Crippen MR) is 99.9 cm³/mol. The van der Waals surface area contributed by atoms with Crippen LogP contribution in [0.3, 0.4) is 0 Å². The molecule has 0 saturated carbocycles. The molecule has 1 nitrogen and oxygen atoms in total. The van der Waals surface area contributed by atoms with Gasteiger partial charge in [-0.2, -0.15) is 0 Å². The number of halogens is 2. The van der Waals surface area contributed by atoms with Crippen LogP contribution in [0.2, 0.25) is 10.0 Å². The summed E-state index contributed by atoms with van der Waals surface area (Å²) in [6, 6.07) is 16.0. The Hall–Kier alpha value is -1.54. The van der Waals surface area contributed by atoms with Gasteiger partial charge in [0.05, 0.1) is 0 Å². The Bertz CT molecular complexity index is 717. The first-order valence-electron chi connectivity index (χ1n) is 7.78. The van der Waals surface area contributed by atoms with Gasteiger partial charge >= 0.3 is 0 Å². The monoisotopic (exact) mass is 343 g/mol. The zero-order valence-electron chi connectivity index (χ0n) is 12.9. The second-order valence-electron chi connectivity index (χ2n) is 5.78. The van der Waals surface area contributed by atoms with Crippen molar-refractivity contribution in [2.75, 3.05) is 13.1 Å². The summed E-state index contributed by atoms with van der Waals surface area (Å²) in [6.07, 6.45) is 7.71. The molecule has 1 heterocycles. The molecule has 2 aromatic carbocycles. The Morgan fingerprint density at radius 3 is 2.48 bits per heavy atom. The molecule has 3 rings (SSSR count). The summed E-state index contributed by atoms with van der Waals surface area (Å²) in [5.74, 6) is 0. The van der Waals surface area contributed by atoms with Crippen LogP contribution < -0.4 is 0 Å². The van der Waals surface area contributed by atoms with Crippen molar-refractivity contribution in [1.29, 1.82) is 0 Å². The molecule has 0 amide bonds. The van der Waals surface area contributed by atoms with Crippen molar-refractivity contribution in [1.82, 2.24) is 4.90 Å². The molecule has 0 bridgehead atoms. The number of rotatable bonds is 4. The first kappa shape index (κ1) is 16.3. The highest BCUT2D eigenvalue weighted by atomic mass is 35.5. The highest BCUT2D eigenvalue weighted by Gasteiger charge is 2.10. The van der Waals surface area contributed by atoms with Gasteiger partial charge in [-0.05, 0) is 47.4 Å². The van der Waals surface area contributed by atoms with Gasteiger partial charge < -0.3 is 0 Å². The van der Waals surface area contributed by atoms with Gasteiger partial charge in [0.15, 0.2) is 0 Å². The van der Waals surface area contributed by atoms with E-state index in [1.54, 1.807) is 0 Å². The van der Waals surface area contributed by atoms with E-state index in [-0.39, 0.29) is 0 Å². The Morgan fingerprint density at radius 1 is 0.957 bits per heavy atom. The van der Waals surface area contributed by atoms with Crippen molar-refractivity contribution < 1.29 is 0 Å². The molecule has 0 saturated heterocycles. The molecule has 23 heavy (non-hydrogen) atoms. The summed E-state index contributed by atoms with van der Waals surface area (Å²) in [5.41, 5.74) is 3.83. The zero-order chi connectivity index (χ0) is 16.1. The van der Waals surface area contributed by atoms with Crippen molar-refractivity contribution >= 4 is 29.3 Å². The molecule has 0 unspecified atom stereocenters. The van der Waals surface area contributed by atoms with Gasteiger partial charge in [0.1, 0.15) is 0 Å². The van der Waals surface area contributed by atoms with Gasteiger partial charge in [-0.25, -0.2) is 0 Å². The van der Waals surface area contributed by atoms with E-state index in [0.29, 0.717) is 0 Å². The predicted octanol–water partition coefficient (Wildman–Crippen LogP) is 5.84. The topological polar surface area (TPSA) is 3.24 Å². The molecule has 0 aromatic heterocycles. The summed E-state index contributed by atoms with van der Waals surface area (Å²) >= 11 is 11.9. The van der Waals surface area contributed by atoms with E-state index in [4.69, 9.17) is 23.2 Å². The Labute approximate surface area is 147 Å². The fourth-order valence-corrected chi connectivity index (χ4v) is 3.01. The molecule has 1 aliphatic rings. The molecule has 0 radical (unpaired) electrons. The van der Waals surface area contributed by atoms with Crippen molar-refractivity contribution in [2.24, 2.45) is 0 Å². The Kier molecular flexibility index (Phi) is 5.56. The SMILES string of the molecule is Clc1ccc(CN2CC=C(C=Cc3cccc(Cl)c3)CC2)cc1. The van der Waals surface area contributed by atoms with Gasteiger partial charge in [0.25, 0.3) is 0 Å². The molecular formula is C20H19Cl2N. The maximum absolute atomic E-state index is 6.01. The summed E-state index contributed by atoms with van der Waals surface area (Å²) < 4.78 is 0. The quantitative estimate of drug-likeness (QED) is 0.674. The van der Waals surface area contributed by atoms with Gasteiger partial charge in [-0.3, -0.25) is 4.90 Å². The van der Waals surface area contributed by atoms with E-state index < -0.39 is 0 Å². The van der Waals surface area contributed by atoms with E-state index in [1.807, 2.05) is 30.3 Å². The molecule has 118 valence electrons. The maximum atomic E-state index is 6.01. The van der Waals surface area contributed by atoms with E-state index in [2.05, 4.69) is 41.3 Å². The van der Waals surface area contributed by atoms with Gasteiger partial charge in [0.2, 0.25) is 0 Å². The number of allylic oxidation sites excluding steroid dienone is 1. The molecule has 0 spiro atoms. The van der Waals surface area contributed by atoms with Crippen molar-refractivity contribution in [3.05, 3.63) is 87.4 Å².